The Morgan fingerprint density at radius 2 is 2.22 bits per heavy atom. The maximum absolute atomic E-state index is 11.7. The van der Waals surface area contributed by atoms with Crippen molar-refractivity contribution in [1.82, 2.24) is 0 Å². The van der Waals surface area contributed by atoms with E-state index in [1.165, 1.54) is 7.11 Å². The molecule has 1 aliphatic carbocycles. The number of rotatable bonds is 7. The van der Waals surface area contributed by atoms with Crippen molar-refractivity contribution in [3.05, 3.63) is 0 Å². The van der Waals surface area contributed by atoms with Gasteiger partial charge in [-0.3, -0.25) is 4.79 Å². The van der Waals surface area contributed by atoms with Gasteiger partial charge in [0.05, 0.1) is 19.8 Å². The van der Waals surface area contributed by atoms with Gasteiger partial charge < -0.3 is 19.9 Å². The molecule has 0 aromatic heterocycles. The topological polar surface area (TPSA) is 70.8 Å². The summed E-state index contributed by atoms with van der Waals surface area (Å²) in [4.78, 5) is 11.7. The van der Waals surface area contributed by atoms with Gasteiger partial charge in [0.15, 0.2) is 0 Å². The molecule has 3 unspecified atom stereocenters. The van der Waals surface area contributed by atoms with Crippen LogP contribution in [0, 0.1) is 5.92 Å². The minimum absolute atomic E-state index is 0.0710. The smallest absolute Gasteiger partial charge is 0.326 e. The zero-order chi connectivity index (χ0) is 13.6. The molecule has 0 aliphatic heterocycles. The summed E-state index contributed by atoms with van der Waals surface area (Å²) >= 11 is 0. The van der Waals surface area contributed by atoms with E-state index in [0.717, 1.165) is 19.3 Å². The first-order valence-corrected chi connectivity index (χ1v) is 6.52. The number of nitrogens with two attached hydrogens (primary N) is 1. The standard InChI is InChI=1S/C13H25NO4/c1-10(9-16-2)18-8-6-11-5-4-7-13(11,14)12(15)17-3/h10-11H,4-9,14H2,1-3H3. The van der Waals surface area contributed by atoms with Crippen LogP contribution in [0.25, 0.3) is 0 Å². The molecule has 0 bridgehead atoms. The first-order chi connectivity index (χ1) is 8.54. The monoisotopic (exact) mass is 259 g/mol. The van der Waals surface area contributed by atoms with E-state index in [9.17, 15) is 4.79 Å². The van der Waals surface area contributed by atoms with E-state index in [0.29, 0.717) is 19.6 Å². The second kappa shape index (κ2) is 7.07. The highest BCUT2D eigenvalue weighted by atomic mass is 16.5. The van der Waals surface area contributed by atoms with Crippen LogP contribution in [0.1, 0.15) is 32.6 Å². The van der Waals surface area contributed by atoms with Crippen LogP contribution in [0.4, 0.5) is 0 Å². The second-order valence-electron chi connectivity index (χ2n) is 5.05. The molecule has 0 radical (unpaired) electrons. The summed E-state index contributed by atoms with van der Waals surface area (Å²) in [5.74, 6) is -0.144. The second-order valence-corrected chi connectivity index (χ2v) is 5.05. The normalized spacial score (nSPS) is 29.2. The molecule has 0 aromatic rings. The lowest BCUT2D eigenvalue weighted by Gasteiger charge is -2.28. The highest BCUT2D eigenvalue weighted by molar-refractivity contribution is 5.81. The van der Waals surface area contributed by atoms with Gasteiger partial charge in [0, 0.05) is 13.7 Å². The molecule has 1 fully saturated rings. The van der Waals surface area contributed by atoms with Gasteiger partial charge in [0.1, 0.15) is 5.54 Å². The number of ether oxygens (including phenoxy) is 3. The van der Waals surface area contributed by atoms with Crippen LogP contribution < -0.4 is 5.73 Å². The van der Waals surface area contributed by atoms with Crippen molar-refractivity contribution in [2.24, 2.45) is 11.7 Å². The Hall–Kier alpha value is -0.650. The molecule has 0 aromatic carbocycles. The van der Waals surface area contributed by atoms with Gasteiger partial charge in [-0.1, -0.05) is 6.42 Å². The fraction of sp³-hybridized carbons (Fsp3) is 0.923. The number of carbonyl (C=O) groups is 1. The molecule has 0 saturated heterocycles. The van der Waals surface area contributed by atoms with Gasteiger partial charge in [-0.2, -0.15) is 0 Å². The summed E-state index contributed by atoms with van der Waals surface area (Å²) in [5.41, 5.74) is 5.36. The van der Waals surface area contributed by atoms with E-state index in [1.807, 2.05) is 6.92 Å². The lowest BCUT2D eigenvalue weighted by Crippen LogP contribution is -2.52. The molecule has 3 atom stereocenters. The Morgan fingerprint density at radius 3 is 2.83 bits per heavy atom. The summed E-state index contributed by atoms with van der Waals surface area (Å²) in [7, 11) is 3.04. The van der Waals surface area contributed by atoms with Crippen molar-refractivity contribution in [3.8, 4) is 0 Å². The van der Waals surface area contributed by atoms with Gasteiger partial charge in [0.25, 0.3) is 0 Å². The fourth-order valence-electron chi connectivity index (χ4n) is 2.66. The third-order valence-electron chi connectivity index (χ3n) is 3.71. The van der Waals surface area contributed by atoms with Gasteiger partial charge in [-0.05, 0) is 32.1 Å². The average molecular weight is 259 g/mol. The predicted octanol–water partition coefficient (Wildman–Crippen LogP) is 1.10. The van der Waals surface area contributed by atoms with Crippen LogP contribution in [0.5, 0.6) is 0 Å². The number of hydrogen-bond acceptors (Lipinski definition) is 5. The third kappa shape index (κ3) is 3.67. The van der Waals surface area contributed by atoms with Crippen molar-refractivity contribution in [2.45, 2.75) is 44.2 Å². The van der Waals surface area contributed by atoms with E-state index in [-0.39, 0.29) is 18.0 Å². The highest BCUT2D eigenvalue weighted by Crippen LogP contribution is 2.36. The van der Waals surface area contributed by atoms with E-state index in [2.05, 4.69) is 0 Å². The van der Waals surface area contributed by atoms with Gasteiger partial charge in [0.2, 0.25) is 0 Å². The molecule has 0 spiro atoms. The van der Waals surface area contributed by atoms with Crippen LogP contribution in [-0.4, -0.2) is 45.0 Å². The highest BCUT2D eigenvalue weighted by Gasteiger charge is 2.46. The molecule has 5 nitrogen and oxygen atoms in total. The minimum atomic E-state index is -0.817. The quantitative estimate of drug-likeness (QED) is 0.693. The molecule has 2 N–H and O–H groups in total. The molecule has 1 aliphatic rings. The largest absolute Gasteiger partial charge is 0.468 e. The van der Waals surface area contributed by atoms with Crippen LogP contribution >= 0.6 is 0 Å². The van der Waals surface area contributed by atoms with Gasteiger partial charge >= 0.3 is 5.97 Å². The van der Waals surface area contributed by atoms with Gasteiger partial charge in [-0.25, -0.2) is 0 Å². The molecule has 0 amide bonds. The van der Waals surface area contributed by atoms with Crippen molar-refractivity contribution in [1.29, 1.82) is 0 Å². The van der Waals surface area contributed by atoms with Crippen molar-refractivity contribution < 1.29 is 19.0 Å². The van der Waals surface area contributed by atoms with E-state index in [4.69, 9.17) is 19.9 Å². The molecular weight excluding hydrogens is 234 g/mol. The van der Waals surface area contributed by atoms with E-state index in [1.54, 1.807) is 7.11 Å². The van der Waals surface area contributed by atoms with Crippen LogP contribution in [0.15, 0.2) is 0 Å². The van der Waals surface area contributed by atoms with Crippen molar-refractivity contribution in [3.63, 3.8) is 0 Å². The van der Waals surface area contributed by atoms with Crippen molar-refractivity contribution in [2.75, 3.05) is 27.4 Å². The lowest BCUT2D eigenvalue weighted by atomic mass is 9.86. The number of hydrogen-bond donors (Lipinski definition) is 1. The molecule has 5 heteroatoms. The number of esters is 1. The zero-order valence-corrected chi connectivity index (χ0v) is 11.6. The molecule has 106 valence electrons. The minimum Gasteiger partial charge on any atom is -0.468 e. The average Bonchev–Trinajstić information content (AvgIpc) is 2.72. The van der Waals surface area contributed by atoms with E-state index < -0.39 is 5.54 Å². The van der Waals surface area contributed by atoms with Crippen LogP contribution in [0.2, 0.25) is 0 Å². The SMILES string of the molecule is COCC(C)OCCC1CCCC1(N)C(=O)OC. The fourth-order valence-corrected chi connectivity index (χ4v) is 2.66. The first kappa shape index (κ1) is 15.4. The molecular formula is C13H25NO4. The summed E-state index contributed by atoms with van der Waals surface area (Å²) < 4.78 is 15.4. The maximum atomic E-state index is 11.7. The Labute approximate surface area is 109 Å². The first-order valence-electron chi connectivity index (χ1n) is 6.52. The molecule has 1 saturated carbocycles. The lowest BCUT2D eigenvalue weighted by molar-refractivity contribution is -0.148. The molecule has 18 heavy (non-hydrogen) atoms. The predicted molar refractivity (Wildman–Crippen MR) is 68.2 cm³/mol. The van der Waals surface area contributed by atoms with Crippen molar-refractivity contribution >= 4 is 5.97 Å². The summed E-state index contributed by atoms with van der Waals surface area (Å²) in [6.07, 6.45) is 3.51. The Balaban J connectivity index is 2.39. The van der Waals surface area contributed by atoms with Crippen LogP contribution in [0.3, 0.4) is 0 Å². The third-order valence-corrected chi connectivity index (χ3v) is 3.71. The summed E-state index contributed by atoms with van der Waals surface area (Å²) in [6.45, 7) is 3.15. The van der Waals surface area contributed by atoms with Gasteiger partial charge in [-0.15, -0.1) is 0 Å². The number of carbonyl (C=O) groups excluding carboxylic acids is 1. The Kier molecular flexibility index (Phi) is 6.05. The molecule has 1 rings (SSSR count). The Bertz CT molecular complexity index is 272. The zero-order valence-electron chi connectivity index (χ0n) is 11.6. The Morgan fingerprint density at radius 1 is 1.50 bits per heavy atom. The van der Waals surface area contributed by atoms with E-state index >= 15 is 0 Å². The number of methoxy groups -OCH3 is 2. The summed E-state index contributed by atoms with van der Waals surface area (Å²) in [6, 6.07) is 0. The molecule has 0 heterocycles. The van der Waals surface area contributed by atoms with Crippen LogP contribution in [-0.2, 0) is 19.0 Å². The maximum Gasteiger partial charge on any atom is 0.326 e. The summed E-state index contributed by atoms with van der Waals surface area (Å²) in [5, 5.41) is 0.